The molecule has 0 fully saturated rings. The van der Waals surface area contributed by atoms with Crippen molar-refractivity contribution >= 4 is 32.6 Å². The van der Waals surface area contributed by atoms with E-state index in [2.05, 4.69) is 26.7 Å². The van der Waals surface area contributed by atoms with Gasteiger partial charge in [-0.2, -0.15) is 0 Å². The molecule has 1 aromatic heterocycles. The van der Waals surface area contributed by atoms with Crippen LogP contribution in [0.3, 0.4) is 0 Å². The molecule has 0 radical (unpaired) electrons. The summed E-state index contributed by atoms with van der Waals surface area (Å²) in [6.07, 6.45) is 6.02. The number of methoxy groups -OCH3 is 1. The van der Waals surface area contributed by atoms with Gasteiger partial charge in [0, 0.05) is 5.56 Å². The number of nitrogens with zero attached hydrogens (tertiary/aromatic N) is 2. The molecule has 0 aliphatic heterocycles. The maximum Gasteiger partial charge on any atom is 0.224 e. The Labute approximate surface area is 213 Å². The first kappa shape index (κ1) is 23.9. The zero-order valence-corrected chi connectivity index (χ0v) is 21.4. The van der Waals surface area contributed by atoms with E-state index >= 15 is 0 Å². The van der Waals surface area contributed by atoms with E-state index < -0.39 is 0 Å². The maximum atomic E-state index is 12.7. The first-order chi connectivity index (χ1) is 17.6. The Bertz CT molecular complexity index is 1420. The molecule has 1 amide bonds. The molecule has 4 aromatic rings. The fourth-order valence-corrected chi connectivity index (χ4v) is 4.56. The van der Waals surface area contributed by atoms with Crippen molar-refractivity contribution in [3.63, 3.8) is 0 Å². The molecular formula is C30H28N3O2P. The minimum absolute atomic E-state index is 0.0403. The van der Waals surface area contributed by atoms with Crippen molar-refractivity contribution in [1.82, 2.24) is 15.3 Å². The molecule has 180 valence electrons. The normalized spacial score (nSPS) is 12.2. The number of nitrogens with one attached hydrogen (secondary N) is 1. The van der Waals surface area contributed by atoms with Crippen LogP contribution in [-0.2, 0) is 30.6 Å². The number of hydrogen-bond acceptors (Lipinski definition) is 4. The summed E-state index contributed by atoms with van der Waals surface area (Å²) in [6.45, 7) is 0.324. The second-order valence-corrected chi connectivity index (χ2v) is 9.48. The lowest BCUT2D eigenvalue weighted by atomic mass is 9.91. The van der Waals surface area contributed by atoms with E-state index in [0.717, 1.165) is 63.4 Å². The number of amides is 1. The molecule has 0 saturated carbocycles. The van der Waals surface area contributed by atoms with Gasteiger partial charge in [-0.1, -0.05) is 60.7 Å². The van der Waals surface area contributed by atoms with Crippen molar-refractivity contribution in [3.8, 4) is 17.0 Å². The van der Waals surface area contributed by atoms with Crippen molar-refractivity contribution in [2.75, 3.05) is 7.11 Å². The third kappa shape index (κ3) is 5.53. The van der Waals surface area contributed by atoms with Gasteiger partial charge in [-0.05, 0) is 59.1 Å². The van der Waals surface area contributed by atoms with Crippen LogP contribution in [0.1, 0.15) is 33.8 Å². The van der Waals surface area contributed by atoms with Crippen LogP contribution in [0.15, 0.2) is 72.8 Å². The third-order valence-electron chi connectivity index (χ3n) is 6.30. The fraction of sp³-hybridized carbons (Fsp3) is 0.167. The smallest absolute Gasteiger partial charge is 0.224 e. The Balaban J connectivity index is 1.44. The van der Waals surface area contributed by atoms with Crippen LogP contribution >= 0.6 is 9.24 Å². The van der Waals surface area contributed by atoms with Crippen LogP contribution in [0, 0.1) is 0 Å². The van der Waals surface area contributed by atoms with Gasteiger partial charge in [0.05, 0.1) is 42.9 Å². The van der Waals surface area contributed by atoms with Gasteiger partial charge in [-0.25, -0.2) is 4.98 Å². The molecule has 0 bridgehead atoms. The largest absolute Gasteiger partial charge is 0.497 e. The average molecular weight is 494 g/mol. The Morgan fingerprint density at radius 1 is 1.00 bits per heavy atom. The number of benzene rings is 3. The SMILES string of the molecule is COc1ccc2c(c1)CCc1nc(CNC(=O)Cc3ccc(P)cc3)c(/C=C/c3ccccc3)nc1-2. The highest BCUT2D eigenvalue weighted by Gasteiger charge is 2.22. The fourth-order valence-electron chi connectivity index (χ4n) is 4.37. The van der Waals surface area contributed by atoms with Crippen molar-refractivity contribution in [2.24, 2.45) is 0 Å². The van der Waals surface area contributed by atoms with Crippen LogP contribution in [0.25, 0.3) is 23.4 Å². The van der Waals surface area contributed by atoms with E-state index in [4.69, 9.17) is 14.7 Å². The molecule has 36 heavy (non-hydrogen) atoms. The zero-order chi connectivity index (χ0) is 24.9. The Morgan fingerprint density at radius 2 is 1.81 bits per heavy atom. The first-order valence-electron chi connectivity index (χ1n) is 12.0. The number of aromatic nitrogens is 2. The molecule has 3 aromatic carbocycles. The lowest BCUT2D eigenvalue weighted by molar-refractivity contribution is -0.120. The summed E-state index contributed by atoms with van der Waals surface area (Å²) in [5, 5.41) is 4.14. The highest BCUT2D eigenvalue weighted by Crippen LogP contribution is 2.34. The molecule has 0 saturated heterocycles. The summed E-state index contributed by atoms with van der Waals surface area (Å²) >= 11 is 0. The highest BCUT2D eigenvalue weighted by molar-refractivity contribution is 7.27. The molecule has 5 nitrogen and oxygen atoms in total. The second kappa shape index (κ2) is 10.8. The maximum absolute atomic E-state index is 12.7. The molecule has 1 aliphatic carbocycles. The lowest BCUT2D eigenvalue weighted by Crippen LogP contribution is -2.26. The summed E-state index contributed by atoms with van der Waals surface area (Å²) in [7, 11) is 4.34. The minimum atomic E-state index is -0.0403. The Morgan fingerprint density at radius 3 is 2.58 bits per heavy atom. The minimum Gasteiger partial charge on any atom is -0.497 e. The van der Waals surface area contributed by atoms with E-state index in [1.807, 2.05) is 72.8 Å². The van der Waals surface area contributed by atoms with Gasteiger partial charge in [0.25, 0.3) is 0 Å². The van der Waals surface area contributed by atoms with E-state index in [9.17, 15) is 4.79 Å². The molecule has 1 atom stereocenters. The molecule has 5 rings (SSSR count). The predicted octanol–water partition coefficient (Wildman–Crippen LogP) is 4.78. The van der Waals surface area contributed by atoms with Crippen LogP contribution in [0.5, 0.6) is 5.75 Å². The van der Waals surface area contributed by atoms with Gasteiger partial charge in [-0.3, -0.25) is 9.78 Å². The predicted molar refractivity (Wildman–Crippen MR) is 148 cm³/mol. The molecule has 1 aliphatic rings. The zero-order valence-electron chi connectivity index (χ0n) is 20.2. The van der Waals surface area contributed by atoms with Gasteiger partial charge >= 0.3 is 0 Å². The van der Waals surface area contributed by atoms with Crippen LogP contribution in [0.2, 0.25) is 0 Å². The average Bonchev–Trinajstić information content (AvgIpc) is 2.92. The van der Waals surface area contributed by atoms with Crippen molar-refractivity contribution in [2.45, 2.75) is 25.8 Å². The summed E-state index contributed by atoms with van der Waals surface area (Å²) in [5.74, 6) is 0.808. The van der Waals surface area contributed by atoms with Gasteiger partial charge in [0.15, 0.2) is 0 Å². The number of carbonyl (C=O) groups excluding carboxylic acids is 1. The number of rotatable bonds is 7. The standard InChI is InChI=1S/C30H28N3O2P/c1-35-23-11-14-25-22(18-23)10-16-27-30(25)33-26(15-9-20-5-3-2-4-6-20)28(32-27)19-31-29(34)17-21-7-12-24(36)13-8-21/h2-9,11-15,18H,10,16-17,19,36H2,1H3,(H,31,34)/b15-9+. The number of aryl methyl sites for hydroxylation is 2. The second-order valence-electron chi connectivity index (χ2n) is 8.81. The van der Waals surface area contributed by atoms with Crippen molar-refractivity contribution < 1.29 is 9.53 Å². The van der Waals surface area contributed by atoms with Gasteiger partial charge in [0.2, 0.25) is 5.91 Å². The number of hydrogen-bond donors (Lipinski definition) is 1. The van der Waals surface area contributed by atoms with Crippen LogP contribution in [-0.4, -0.2) is 23.0 Å². The summed E-state index contributed by atoms with van der Waals surface area (Å²) in [4.78, 5) is 22.7. The van der Waals surface area contributed by atoms with Gasteiger partial charge < -0.3 is 10.1 Å². The number of ether oxygens (including phenoxy) is 1. The van der Waals surface area contributed by atoms with E-state index in [1.54, 1.807) is 7.11 Å². The van der Waals surface area contributed by atoms with Crippen LogP contribution in [0.4, 0.5) is 0 Å². The molecule has 0 spiro atoms. The molecule has 1 unspecified atom stereocenters. The topological polar surface area (TPSA) is 64.1 Å². The van der Waals surface area contributed by atoms with Crippen molar-refractivity contribution in [3.05, 3.63) is 107 Å². The Kier molecular flexibility index (Phi) is 7.20. The first-order valence-corrected chi connectivity index (χ1v) is 12.6. The third-order valence-corrected chi connectivity index (χ3v) is 6.69. The molecule has 1 N–H and O–H groups in total. The van der Waals surface area contributed by atoms with Gasteiger partial charge in [0.1, 0.15) is 5.75 Å². The molecule has 6 heteroatoms. The molecule has 1 heterocycles. The van der Waals surface area contributed by atoms with Crippen molar-refractivity contribution in [1.29, 1.82) is 0 Å². The summed E-state index contributed by atoms with van der Waals surface area (Å²) < 4.78 is 5.41. The van der Waals surface area contributed by atoms with Crippen LogP contribution < -0.4 is 15.4 Å². The Hall–Kier alpha value is -3.82. The number of fused-ring (bicyclic) bond motifs is 3. The van der Waals surface area contributed by atoms with E-state index in [1.165, 1.54) is 5.56 Å². The number of carbonyl (C=O) groups is 1. The quantitative estimate of drug-likeness (QED) is 0.377. The summed E-state index contributed by atoms with van der Waals surface area (Å²) in [6, 6.07) is 24.1. The highest BCUT2D eigenvalue weighted by atomic mass is 31.0. The lowest BCUT2D eigenvalue weighted by Gasteiger charge is -2.21. The molecular weight excluding hydrogens is 465 g/mol. The monoisotopic (exact) mass is 493 g/mol. The van der Waals surface area contributed by atoms with E-state index in [-0.39, 0.29) is 5.91 Å². The van der Waals surface area contributed by atoms with Gasteiger partial charge in [-0.15, -0.1) is 9.24 Å². The van der Waals surface area contributed by atoms with E-state index in [0.29, 0.717) is 13.0 Å². The summed E-state index contributed by atoms with van der Waals surface area (Å²) in [5.41, 5.74) is 7.75.